The highest BCUT2D eigenvalue weighted by Crippen LogP contribution is 2.21. The van der Waals surface area contributed by atoms with E-state index < -0.39 is 27.3 Å². The number of aromatic hydroxyl groups is 1. The molecule has 0 atom stereocenters. The van der Waals surface area contributed by atoms with Gasteiger partial charge in [0.1, 0.15) is 11.3 Å². The zero-order valence-electron chi connectivity index (χ0n) is 10.4. The summed E-state index contributed by atoms with van der Waals surface area (Å²) in [5.41, 5.74) is -0.463. The fraction of sp³-hybridized carbons (Fsp3) is 0.364. The zero-order chi connectivity index (χ0) is 14.8. The maximum absolute atomic E-state index is 12.1. The van der Waals surface area contributed by atoms with Crippen LogP contribution < -0.4 is 4.83 Å². The fourth-order valence-corrected chi connectivity index (χ4v) is 2.88. The first kappa shape index (κ1) is 14.7. The summed E-state index contributed by atoms with van der Waals surface area (Å²) in [6.07, 6.45) is 0. The van der Waals surface area contributed by atoms with E-state index in [-0.39, 0.29) is 4.90 Å². The van der Waals surface area contributed by atoms with E-state index in [0.717, 1.165) is 18.2 Å². The van der Waals surface area contributed by atoms with Gasteiger partial charge in [-0.3, -0.25) is 0 Å². The zero-order valence-corrected chi connectivity index (χ0v) is 11.3. The summed E-state index contributed by atoms with van der Waals surface area (Å²) in [5.74, 6) is -1.88. The summed E-state index contributed by atoms with van der Waals surface area (Å²) in [6, 6.07) is 3.10. The van der Waals surface area contributed by atoms with Gasteiger partial charge in [0.2, 0.25) is 0 Å². The van der Waals surface area contributed by atoms with Crippen LogP contribution in [-0.2, 0) is 14.8 Å². The molecule has 1 aromatic carbocycles. The lowest BCUT2D eigenvalue weighted by Crippen LogP contribution is -2.48. The highest BCUT2D eigenvalue weighted by atomic mass is 32.2. The van der Waals surface area contributed by atoms with Gasteiger partial charge in [-0.2, -0.15) is 0 Å². The van der Waals surface area contributed by atoms with Crippen LogP contribution in [0, 0.1) is 0 Å². The molecule has 1 aliphatic heterocycles. The number of hydrogen-bond acceptors (Lipinski definition) is 6. The van der Waals surface area contributed by atoms with Gasteiger partial charge in [0.05, 0.1) is 18.1 Å². The quantitative estimate of drug-likeness (QED) is 0.694. The van der Waals surface area contributed by atoms with Gasteiger partial charge in [0, 0.05) is 13.1 Å². The van der Waals surface area contributed by atoms with Crippen LogP contribution >= 0.6 is 0 Å². The minimum absolute atomic E-state index is 0.223. The Bertz CT molecular complexity index is 609. The van der Waals surface area contributed by atoms with Gasteiger partial charge in [-0.1, -0.05) is 0 Å². The van der Waals surface area contributed by atoms with Crippen LogP contribution in [-0.4, -0.2) is 55.9 Å². The third kappa shape index (κ3) is 3.25. The van der Waals surface area contributed by atoms with Crippen molar-refractivity contribution in [3.05, 3.63) is 23.8 Å². The Morgan fingerprint density at radius 1 is 1.30 bits per heavy atom. The van der Waals surface area contributed by atoms with Crippen LogP contribution in [0.4, 0.5) is 0 Å². The van der Waals surface area contributed by atoms with Crippen molar-refractivity contribution in [1.82, 2.24) is 9.84 Å². The topological polar surface area (TPSA) is 116 Å². The van der Waals surface area contributed by atoms with E-state index in [2.05, 4.69) is 4.83 Å². The highest BCUT2D eigenvalue weighted by Gasteiger charge is 2.22. The molecule has 0 bridgehead atoms. The van der Waals surface area contributed by atoms with Gasteiger partial charge in [-0.25, -0.2) is 18.2 Å². The van der Waals surface area contributed by atoms with Crippen molar-refractivity contribution in [3.8, 4) is 5.75 Å². The van der Waals surface area contributed by atoms with Crippen LogP contribution in [0.25, 0.3) is 0 Å². The van der Waals surface area contributed by atoms with E-state index in [0.29, 0.717) is 26.3 Å². The summed E-state index contributed by atoms with van der Waals surface area (Å²) >= 11 is 0. The second kappa shape index (κ2) is 5.75. The number of nitrogens with one attached hydrogen (secondary N) is 1. The number of benzene rings is 1. The number of carboxylic acid groups (broad SMARTS) is 1. The predicted octanol–water partition coefficient (Wildman–Crippen LogP) is -0.384. The van der Waals surface area contributed by atoms with Crippen LogP contribution in [0.15, 0.2) is 23.1 Å². The molecule has 0 saturated carbocycles. The molecule has 9 heteroatoms. The fourth-order valence-electron chi connectivity index (χ4n) is 1.73. The van der Waals surface area contributed by atoms with Crippen molar-refractivity contribution in [1.29, 1.82) is 0 Å². The minimum atomic E-state index is -3.89. The second-order valence-corrected chi connectivity index (χ2v) is 5.84. The Hall–Kier alpha value is -1.68. The molecule has 1 saturated heterocycles. The molecule has 3 N–H and O–H groups in total. The maximum atomic E-state index is 12.1. The molecule has 20 heavy (non-hydrogen) atoms. The number of hydrazine groups is 1. The van der Waals surface area contributed by atoms with E-state index in [4.69, 9.17) is 9.84 Å². The number of rotatable bonds is 4. The predicted molar refractivity (Wildman–Crippen MR) is 67.8 cm³/mol. The van der Waals surface area contributed by atoms with E-state index in [9.17, 15) is 18.3 Å². The van der Waals surface area contributed by atoms with Gasteiger partial charge in [0.25, 0.3) is 10.0 Å². The van der Waals surface area contributed by atoms with Crippen molar-refractivity contribution in [2.45, 2.75) is 4.90 Å². The van der Waals surface area contributed by atoms with Crippen molar-refractivity contribution < 1.29 is 28.2 Å². The van der Waals surface area contributed by atoms with Gasteiger partial charge < -0.3 is 14.9 Å². The number of carbonyl (C=O) groups is 1. The summed E-state index contributed by atoms with van der Waals surface area (Å²) in [7, 11) is -3.89. The molecule has 110 valence electrons. The molecule has 0 amide bonds. The van der Waals surface area contributed by atoms with Crippen LogP contribution in [0.5, 0.6) is 5.75 Å². The highest BCUT2D eigenvalue weighted by molar-refractivity contribution is 7.89. The van der Waals surface area contributed by atoms with Crippen LogP contribution in [0.2, 0.25) is 0 Å². The van der Waals surface area contributed by atoms with Crippen molar-refractivity contribution >= 4 is 16.0 Å². The molecule has 0 radical (unpaired) electrons. The van der Waals surface area contributed by atoms with Gasteiger partial charge in [0.15, 0.2) is 0 Å². The summed E-state index contributed by atoms with van der Waals surface area (Å²) in [4.78, 5) is 13.0. The largest absolute Gasteiger partial charge is 0.507 e. The summed E-state index contributed by atoms with van der Waals surface area (Å²) < 4.78 is 29.3. The smallest absolute Gasteiger partial charge is 0.339 e. The number of morpholine rings is 1. The number of hydrogen-bond donors (Lipinski definition) is 3. The lowest BCUT2D eigenvalue weighted by atomic mass is 10.2. The number of carboxylic acids is 1. The molecule has 0 unspecified atom stereocenters. The van der Waals surface area contributed by atoms with Crippen LogP contribution in [0.1, 0.15) is 10.4 Å². The average Bonchev–Trinajstić information content (AvgIpc) is 2.39. The summed E-state index contributed by atoms with van der Waals surface area (Å²) in [5, 5.41) is 19.7. The maximum Gasteiger partial charge on any atom is 0.339 e. The number of nitrogens with zero attached hydrogens (tertiary/aromatic N) is 1. The first-order valence-electron chi connectivity index (χ1n) is 5.81. The van der Waals surface area contributed by atoms with Crippen molar-refractivity contribution in [2.24, 2.45) is 0 Å². The average molecular weight is 302 g/mol. The first-order valence-corrected chi connectivity index (χ1v) is 7.30. The molecule has 8 nitrogen and oxygen atoms in total. The SMILES string of the molecule is O=C(O)c1cc(S(=O)(=O)NN2CCOCC2)ccc1O. The number of sulfonamides is 1. The first-order chi connectivity index (χ1) is 9.40. The van der Waals surface area contributed by atoms with Gasteiger partial charge >= 0.3 is 5.97 Å². The van der Waals surface area contributed by atoms with Gasteiger partial charge in [-0.15, -0.1) is 4.83 Å². The van der Waals surface area contributed by atoms with E-state index in [1.165, 1.54) is 5.01 Å². The molecular weight excluding hydrogens is 288 g/mol. The normalized spacial score (nSPS) is 17.0. The molecule has 1 aliphatic rings. The number of phenols is 1. The van der Waals surface area contributed by atoms with Crippen LogP contribution in [0.3, 0.4) is 0 Å². The standard InChI is InChI=1S/C11H14N2O6S/c14-10-2-1-8(7-9(10)11(15)16)20(17,18)12-13-3-5-19-6-4-13/h1-2,7,12,14H,3-6H2,(H,15,16). The van der Waals surface area contributed by atoms with Crippen molar-refractivity contribution in [3.63, 3.8) is 0 Å². The molecule has 2 rings (SSSR count). The Labute approximate surface area is 115 Å². The number of aromatic carboxylic acids is 1. The minimum Gasteiger partial charge on any atom is -0.507 e. The molecule has 0 aliphatic carbocycles. The van der Waals surface area contributed by atoms with Crippen molar-refractivity contribution in [2.75, 3.05) is 26.3 Å². The number of ether oxygens (including phenoxy) is 1. The molecular formula is C11H14N2O6S. The molecule has 1 aromatic rings. The molecule has 1 heterocycles. The molecule has 0 spiro atoms. The lowest BCUT2D eigenvalue weighted by molar-refractivity contribution is 0.0272. The molecule has 0 aromatic heterocycles. The van der Waals surface area contributed by atoms with E-state index >= 15 is 0 Å². The third-order valence-electron chi connectivity index (χ3n) is 2.77. The second-order valence-electron chi connectivity index (χ2n) is 4.18. The Kier molecular flexibility index (Phi) is 4.23. The Balaban J connectivity index is 2.24. The lowest BCUT2D eigenvalue weighted by Gasteiger charge is -2.26. The van der Waals surface area contributed by atoms with E-state index in [1.54, 1.807) is 0 Å². The Morgan fingerprint density at radius 3 is 2.55 bits per heavy atom. The molecule has 1 fully saturated rings. The monoisotopic (exact) mass is 302 g/mol. The van der Waals surface area contributed by atoms with E-state index in [1.807, 2.05) is 0 Å². The Morgan fingerprint density at radius 2 is 1.95 bits per heavy atom. The van der Waals surface area contributed by atoms with Gasteiger partial charge in [-0.05, 0) is 18.2 Å². The summed E-state index contributed by atoms with van der Waals surface area (Å²) in [6.45, 7) is 1.64. The third-order valence-corrected chi connectivity index (χ3v) is 4.14.